The third-order valence-corrected chi connectivity index (χ3v) is 5.71. The van der Waals surface area contributed by atoms with Gasteiger partial charge in [-0.1, -0.05) is 0 Å². The average molecular weight is 352 g/mol. The van der Waals surface area contributed by atoms with Gasteiger partial charge in [-0.05, 0) is 44.0 Å². The molecular formula is C17H24N2O4S. The fraction of sp³-hybridized carbons (Fsp3) is 0.412. The highest BCUT2D eigenvalue weighted by atomic mass is 32.2. The third-order valence-electron chi connectivity index (χ3n) is 4.23. The van der Waals surface area contributed by atoms with E-state index in [0.29, 0.717) is 18.7 Å². The van der Waals surface area contributed by atoms with Crippen molar-refractivity contribution in [3.05, 3.63) is 41.2 Å². The topological polar surface area (TPSA) is 69.6 Å². The molecule has 0 radical (unpaired) electrons. The van der Waals surface area contributed by atoms with Crippen LogP contribution in [-0.2, 0) is 23.5 Å². The Balaban J connectivity index is 2.15. The molecule has 0 fully saturated rings. The molecule has 1 aromatic heterocycles. The van der Waals surface area contributed by atoms with Crippen LogP contribution in [0.25, 0.3) is 0 Å². The molecular weight excluding hydrogens is 328 g/mol. The quantitative estimate of drug-likeness (QED) is 0.829. The first-order valence-electron chi connectivity index (χ1n) is 7.63. The smallest absolute Gasteiger partial charge is 0.244 e. The minimum absolute atomic E-state index is 0.0744. The van der Waals surface area contributed by atoms with Crippen molar-refractivity contribution in [2.75, 3.05) is 20.8 Å². The van der Waals surface area contributed by atoms with Crippen molar-refractivity contribution in [1.29, 1.82) is 0 Å². The van der Waals surface area contributed by atoms with Crippen LogP contribution in [0.2, 0.25) is 0 Å². The number of aryl methyl sites for hydroxylation is 1. The minimum atomic E-state index is -3.68. The molecule has 0 saturated heterocycles. The standard InChI is InChI=1S/C17H24N2O4S/c1-12-10-14(13(2)19(12)3)8-9-18-24(20,21)17-11-15(22-4)6-7-16(17)23-5/h6-7,10-11,18H,8-9H2,1-5H3. The zero-order valence-corrected chi connectivity index (χ0v) is 15.5. The molecule has 0 amide bonds. The Morgan fingerprint density at radius 3 is 2.38 bits per heavy atom. The molecule has 0 aliphatic carbocycles. The summed E-state index contributed by atoms with van der Waals surface area (Å²) in [4.78, 5) is 0.0744. The lowest BCUT2D eigenvalue weighted by molar-refractivity contribution is 0.392. The molecule has 0 atom stereocenters. The van der Waals surface area contributed by atoms with Crippen molar-refractivity contribution in [2.45, 2.75) is 25.2 Å². The fourth-order valence-electron chi connectivity index (χ4n) is 2.58. The molecule has 2 aromatic rings. The Morgan fingerprint density at radius 1 is 1.12 bits per heavy atom. The van der Waals surface area contributed by atoms with Crippen LogP contribution in [-0.4, -0.2) is 33.7 Å². The highest BCUT2D eigenvalue weighted by molar-refractivity contribution is 7.89. The van der Waals surface area contributed by atoms with E-state index in [2.05, 4.69) is 15.4 Å². The molecule has 7 heteroatoms. The number of nitrogens with zero attached hydrogens (tertiary/aromatic N) is 1. The van der Waals surface area contributed by atoms with Crippen LogP contribution in [0, 0.1) is 13.8 Å². The van der Waals surface area contributed by atoms with Gasteiger partial charge in [0.1, 0.15) is 16.4 Å². The molecule has 132 valence electrons. The zero-order valence-electron chi connectivity index (χ0n) is 14.7. The largest absolute Gasteiger partial charge is 0.497 e. The maximum atomic E-state index is 12.6. The van der Waals surface area contributed by atoms with Gasteiger partial charge in [-0.2, -0.15) is 0 Å². The number of benzene rings is 1. The number of rotatable bonds is 7. The van der Waals surface area contributed by atoms with Crippen molar-refractivity contribution in [3.8, 4) is 11.5 Å². The lowest BCUT2D eigenvalue weighted by atomic mass is 10.2. The lowest BCUT2D eigenvalue weighted by Gasteiger charge is -2.12. The van der Waals surface area contributed by atoms with Gasteiger partial charge in [0.25, 0.3) is 0 Å². The minimum Gasteiger partial charge on any atom is -0.497 e. The number of ether oxygens (including phenoxy) is 2. The van der Waals surface area contributed by atoms with Gasteiger partial charge >= 0.3 is 0 Å². The van der Waals surface area contributed by atoms with Crippen LogP contribution in [0.3, 0.4) is 0 Å². The summed E-state index contributed by atoms with van der Waals surface area (Å²) in [5, 5.41) is 0. The summed E-state index contributed by atoms with van der Waals surface area (Å²) in [5.74, 6) is 0.751. The molecule has 0 aliphatic heterocycles. The van der Waals surface area contributed by atoms with Crippen LogP contribution >= 0.6 is 0 Å². The van der Waals surface area contributed by atoms with Gasteiger partial charge in [0.05, 0.1) is 14.2 Å². The second-order valence-electron chi connectivity index (χ2n) is 5.62. The number of hydrogen-bond donors (Lipinski definition) is 1. The second-order valence-corrected chi connectivity index (χ2v) is 7.36. The van der Waals surface area contributed by atoms with Crippen LogP contribution in [0.4, 0.5) is 0 Å². The van der Waals surface area contributed by atoms with E-state index in [1.54, 1.807) is 12.1 Å². The van der Waals surface area contributed by atoms with E-state index in [4.69, 9.17) is 9.47 Å². The van der Waals surface area contributed by atoms with Gasteiger partial charge in [-0.3, -0.25) is 0 Å². The lowest BCUT2D eigenvalue weighted by Crippen LogP contribution is -2.26. The average Bonchev–Trinajstić information content (AvgIpc) is 2.81. The molecule has 6 nitrogen and oxygen atoms in total. The number of sulfonamides is 1. The summed E-state index contributed by atoms with van der Waals surface area (Å²) in [6, 6.07) is 6.78. The zero-order chi connectivity index (χ0) is 17.9. The summed E-state index contributed by atoms with van der Waals surface area (Å²) < 4.78 is 40.1. The summed E-state index contributed by atoms with van der Waals surface area (Å²) in [7, 11) is 1.25. The monoisotopic (exact) mass is 352 g/mol. The van der Waals surface area contributed by atoms with Gasteiger partial charge in [-0.25, -0.2) is 13.1 Å². The maximum Gasteiger partial charge on any atom is 0.244 e. The molecule has 0 saturated carbocycles. The summed E-state index contributed by atoms with van der Waals surface area (Å²) in [5.41, 5.74) is 3.43. The molecule has 0 spiro atoms. The van der Waals surface area contributed by atoms with Crippen LogP contribution in [0.5, 0.6) is 11.5 Å². The number of methoxy groups -OCH3 is 2. The van der Waals surface area contributed by atoms with Crippen LogP contribution < -0.4 is 14.2 Å². The molecule has 2 rings (SSSR count). The van der Waals surface area contributed by atoms with Gasteiger partial charge in [-0.15, -0.1) is 0 Å². The van der Waals surface area contributed by atoms with Crippen molar-refractivity contribution in [3.63, 3.8) is 0 Å². The summed E-state index contributed by atoms with van der Waals surface area (Å²) in [6.07, 6.45) is 0.624. The Bertz CT molecular complexity index is 825. The van der Waals surface area contributed by atoms with E-state index in [9.17, 15) is 8.42 Å². The summed E-state index contributed by atoms with van der Waals surface area (Å²) >= 11 is 0. The van der Waals surface area contributed by atoms with E-state index in [1.165, 1.54) is 20.3 Å². The van der Waals surface area contributed by atoms with Gasteiger partial charge in [0, 0.05) is 31.0 Å². The Hall–Kier alpha value is -1.99. The molecule has 1 N–H and O–H groups in total. The first-order valence-corrected chi connectivity index (χ1v) is 9.12. The number of hydrogen-bond acceptors (Lipinski definition) is 4. The Kier molecular flexibility index (Phi) is 5.56. The molecule has 0 bridgehead atoms. The third kappa shape index (κ3) is 3.73. The van der Waals surface area contributed by atoms with E-state index in [1.807, 2.05) is 20.9 Å². The van der Waals surface area contributed by atoms with E-state index < -0.39 is 10.0 Å². The van der Waals surface area contributed by atoms with E-state index >= 15 is 0 Å². The molecule has 1 heterocycles. The van der Waals surface area contributed by atoms with Gasteiger partial charge < -0.3 is 14.0 Å². The first-order chi connectivity index (χ1) is 11.3. The van der Waals surface area contributed by atoms with Crippen LogP contribution in [0.1, 0.15) is 17.0 Å². The fourth-order valence-corrected chi connectivity index (χ4v) is 3.79. The number of aromatic nitrogens is 1. The molecule has 0 aliphatic rings. The predicted octanol–water partition coefficient (Wildman–Crippen LogP) is 2.18. The Labute approximate surface area is 143 Å². The first kappa shape index (κ1) is 18.4. The molecule has 0 unspecified atom stereocenters. The van der Waals surface area contributed by atoms with Crippen molar-refractivity contribution >= 4 is 10.0 Å². The SMILES string of the molecule is COc1ccc(OC)c(S(=O)(=O)NCCc2cc(C)n(C)c2C)c1. The van der Waals surface area contributed by atoms with Gasteiger partial charge in [0.2, 0.25) is 10.0 Å². The highest BCUT2D eigenvalue weighted by Crippen LogP contribution is 2.28. The normalized spacial score (nSPS) is 11.5. The van der Waals surface area contributed by atoms with Crippen molar-refractivity contribution < 1.29 is 17.9 Å². The number of nitrogens with one attached hydrogen (secondary N) is 1. The Morgan fingerprint density at radius 2 is 1.83 bits per heavy atom. The molecule has 24 heavy (non-hydrogen) atoms. The van der Waals surface area contributed by atoms with Gasteiger partial charge in [0.15, 0.2) is 0 Å². The van der Waals surface area contributed by atoms with E-state index in [0.717, 1.165) is 17.0 Å². The maximum absolute atomic E-state index is 12.6. The van der Waals surface area contributed by atoms with Crippen molar-refractivity contribution in [2.24, 2.45) is 7.05 Å². The van der Waals surface area contributed by atoms with Crippen LogP contribution in [0.15, 0.2) is 29.2 Å². The summed E-state index contributed by atoms with van der Waals surface area (Å²) in [6.45, 7) is 4.37. The highest BCUT2D eigenvalue weighted by Gasteiger charge is 2.20. The predicted molar refractivity (Wildman–Crippen MR) is 93.3 cm³/mol. The van der Waals surface area contributed by atoms with E-state index in [-0.39, 0.29) is 10.6 Å². The second kappa shape index (κ2) is 7.27. The molecule has 1 aromatic carbocycles. The van der Waals surface area contributed by atoms with Crippen molar-refractivity contribution in [1.82, 2.24) is 9.29 Å².